The SMILES string of the molecule is CCN(CCc1cc(C(F)(F)F)ccc1-c1cc(CC(=O)OC)ccc1OC)C(C)=O. The fourth-order valence-electron chi connectivity index (χ4n) is 3.35. The molecule has 0 bridgehead atoms. The van der Waals surface area contributed by atoms with Crippen molar-refractivity contribution in [3.8, 4) is 16.9 Å². The largest absolute Gasteiger partial charge is 0.496 e. The van der Waals surface area contributed by atoms with E-state index in [4.69, 9.17) is 9.47 Å². The fourth-order valence-corrected chi connectivity index (χ4v) is 3.35. The zero-order chi connectivity index (χ0) is 23.2. The maximum absolute atomic E-state index is 13.3. The highest BCUT2D eigenvalue weighted by molar-refractivity contribution is 5.78. The third-order valence-corrected chi connectivity index (χ3v) is 5.04. The zero-order valence-electron chi connectivity index (χ0n) is 18.0. The lowest BCUT2D eigenvalue weighted by Gasteiger charge is -2.21. The Labute approximate surface area is 179 Å². The number of carbonyl (C=O) groups is 2. The number of hydrogen-bond acceptors (Lipinski definition) is 4. The first kappa shape index (κ1) is 24.2. The van der Waals surface area contributed by atoms with Gasteiger partial charge in [-0.2, -0.15) is 13.2 Å². The van der Waals surface area contributed by atoms with E-state index in [1.807, 2.05) is 6.92 Å². The van der Waals surface area contributed by atoms with Crippen LogP contribution >= 0.6 is 0 Å². The van der Waals surface area contributed by atoms with Gasteiger partial charge in [0.2, 0.25) is 5.91 Å². The molecule has 0 aliphatic carbocycles. The molecule has 0 unspecified atom stereocenters. The summed E-state index contributed by atoms with van der Waals surface area (Å²) in [6, 6.07) is 8.62. The smallest absolute Gasteiger partial charge is 0.416 e. The Bertz CT molecular complexity index is 941. The van der Waals surface area contributed by atoms with E-state index in [0.29, 0.717) is 34.5 Å². The van der Waals surface area contributed by atoms with E-state index in [0.717, 1.165) is 12.1 Å². The minimum Gasteiger partial charge on any atom is -0.496 e. The molecule has 0 saturated heterocycles. The molecule has 0 aliphatic rings. The van der Waals surface area contributed by atoms with Gasteiger partial charge in [-0.1, -0.05) is 12.1 Å². The molecule has 0 aliphatic heterocycles. The van der Waals surface area contributed by atoms with Crippen LogP contribution in [0.1, 0.15) is 30.5 Å². The van der Waals surface area contributed by atoms with Crippen LogP contribution in [0.4, 0.5) is 13.2 Å². The van der Waals surface area contributed by atoms with Crippen molar-refractivity contribution in [2.45, 2.75) is 32.9 Å². The van der Waals surface area contributed by atoms with Gasteiger partial charge in [0, 0.05) is 25.6 Å². The number of likely N-dealkylation sites (N-methyl/N-ethyl adjacent to an activating group) is 1. The van der Waals surface area contributed by atoms with Crippen LogP contribution in [-0.2, 0) is 33.3 Å². The summed E-state index contributed by atoms with van der Waals surface area (Å²) in [6.45, 7) is 3.98. The van der Waals surface area contributed by atoms with Gasteiger partial charge in [-0.25, -0.2) is 0 Å². The summed E-state index contributed by atoms with van der Waals surface area (Å²) in [5, 5.41) is 0. The van der Waals surface area contributed by atoms with Gasteiger partial charge < -0.3 is 14.4 Å². The first-order valence-electron chi connectivity index (χ1n) is 9.80. The standard InChI is InChI=1S/C23H26F3NO4/c1-5-27(15(2)28)11-10-17-14-18(23(24,25)26)7-8-19(17)20-12-16(13-22(29)31-4)6-9-21(20)30-3/h6-9,12,14H,5,10-11,13H2,1-4H3. The molecule has 0 saturated carbocycles. The van der Waals surface area contributed by atoms with E-state index in [1.165, 1.54) is 27.2 Å². The maximum Gasteiger partial charge on any atom is 0.416 e. The highest BCUT2D eigenvalue weighted by Gasteiger charge is 2.31. The molecule has 1 amide bonds. The normalized spacial score (nSPS) is 11.2. The molecule has 8 heteroatoms. The van der Waals surface area contributed by atoms with Crippen molar-refractivity contribution in [3.05, 3.63) is 53.1 Å². The summed E-state index contributed by atoms with van der Waals surface area (Å²) in [6.07, 6.45) is -4.23. The monoisotopic (exact) mass is 437 g/mol. The Balaban J connectivity index is 2.56. The summed E-state index contributed by atoms with van der Waals surface area (Å²) in [5.41, 5.74) is 1.44. The number of ether oxygens (including phenoxy) is 2. The first-order valence-corrected chi connectivity index (χ1v) is 9.80. The summed E-state index contributed by atoms with van der Waals surface area (Å²) in [5.74, 6) is -0.106. The summed E-state index contributed by atoms with van der Waals surface area (Å²) in [7, 11) is 2.76. The Morgan fingerprint density at radius 3 is 2.29 bits per heavy atom. The lowest BCUT2D eigenvalue weighted by Crippen LogP contribution is -2.30. The molecular formula is C23H26F3NO4. The zero-order valence-corrected chi connectivity index (χ0v) is 18.0. The van der Waals surface area contributed by atoms with Gasteiger partial charge in [0.25, 0.3) is 0 Å². The highest BCUT2D eigenvalue weighted by Crippen LogP contribution is 2.37. The Morgan fingerprint density at radius 2 is 1.74 bits per heavy atom. The number of alkyl halides is 3. The van der Waals surface area contributed by atoms with Gasteiger partial charge in [-0.05, 0) is 54.3 Å². The van der Waals surface area contributed by atoms with E-state index in [9.17, 15) is 22.8 Å². The number of nitrogens with zero attached hydrogens (tertiary/aromatic N) is 1. The molecule has 0 heterocycles. The van der Waals surface area contributed by atoms with Gasteiger partial charge in [0.05, 0.1) is 26.2 Å². The van der Waals surface area contributed by atoms with Gasteiger partial charge in [0.1, 0.15) is 5.75 Å². The topological polar surface area (TPSA) is 55.8 Å². The van der Waals surface area contributed by atoms with Crippen molar-refractivity contribution in [1.82, 2.24) is 4.90 Å². The van der Waals surface area contributed by atoms with Crippen LogP contribution in [0.5, 0.6) is 5.75 Å². The molecule has 5 nitrogen and oxygen atoms in total. The van der Waals surface area contributed by atoms with Gasteiger partial charge in [0.15, 0.2) is 0 Å². The number of halogens is 3. The van der Waals surface area contributed by atoms with Crippen molar-refractivity contribution in [3.63, 3.8) is 0 Å². The number of benzene rings is 2. The molecule has 0 spiro atoms. The second kappa shape index (κ2) is 10.3. The van der Waals surface area contributed by atoms with Crippen molar-refractivity contribution in [1.29, 1.82) is 0 Å². The third-order valence-electron chi connectivity index (χ3n) is 5.04. The lowest BCUT2D eigenvalue weighted by atomic mass is 9.93. The number of rotatable bonds is 8. The predicted octanol–water partition coefficient (Wildman–Crippen LogP) is 4.51. The molecule has 2 aromatic carbocycles. The minimum atomic E-state index is -4.49. The minimum absolute atomic E-state index is 0.0252. The van der Waals surface area contributed by atoms with Crippen molar-refractivity contribution in [2.24, 2.45) is 0 Å². The van der Waals surface area contributed by atoms with Gasteiger partial charge in [-0.15, -0.1) is 0 Å². The van der Waals surface area contributed by atoms with E-state index in [2.05, 4.69) is 0 Å². The molecule has 0 aromatic heterocycles. The number of hydrogen-bond donors (Lipinski definition) is 0. The van der Waals surface area contributed by atoms with E-state index in [1.54, 1.807) is 23.1 Å². The van der Waals surface area contributed by atoms with Crippen LogP contribution in [0, 0.1) is 0 Å². The van der Waals surface area contributed by atoms with Gasteiger partial charge in [-0.3, -0.25) is 9.59 Å². The lowest BCUT2D eigenvalue weighted by molar-refractivity contribution is -0.140. The molecule has 0 radical (unpaired) electrons. The summed E-state index contributed by atoms with van der Waals surface area (Å²) < 4.78 is 50.2. The average Bonchev–Trinajstić information content (AvgIpc) is 2.73. The van der Waals surface area contributed by atoms with Crippen LogP contribution < -0.4 is 4.74 Å². The highest BCUT2D eigenvalue weighted by atomic mass is 19.4. The summed E-state index contributed by atoms with van der Waals surface area (Å²) >= 11 is 0. The number of esters is 1. The third kappa shape index (κ3) is 6.23. The van der Waals surface area contributed by atoms with Crippen LogP contribution in [0.25, 0.3) is 11.1 Å². The average molecular weight is 437 g/mol. The van der Waals surface area contributed by atoms with Crippen LogP contribution in [0.15, 0.2) is 36.4 Å². The Kier molecular flexibility index (Phi) is 8.08. The van der Waals surface area contributed by atoms with Crippen molar-refractivity contribution >= 4 is 11.9 Å². The summed E-state index contributed by atoms with van der Waals surface area (Å²) in [4.78, 5) is 25.0. The number of amides is 1. The molecular weight excluding hydrogens is 411 g/mol. The second-order valence-electron chi connectivity index (χ2n) is 7.01. The van der Waals surface area contributed by atoms with E-state index < -0.39 is 17.7 Å². The molecule has 2 aromatic rings. The Morgan fingerprint density at radius 1 is 1.03 bits per heavy atom. The molecule has 0 fully saturated rings. The van der Waals surface area contributed by atoms with E-state index >= 15 is 0 Å². The van der Waals surface area contributed by atoms with Crippen LogP contribution in [0.2, 0.25) is 0 Å². The number of methoxy groups -OCH3 is 2. The first-order chi connectivity index (χ1) is 14.6. The Hall–Kier alpha value is -3.03. The van der Waals surface area contributed by atoms with Crippen LogP contribution in [0.3, 0.4) is 0 Å². The fraction of sp³-hybridized carbons (Fsp3) is 0.391. The van der Waals surface area contributed by atoms with Crippen molar-refractivity contribution < 1.29 is 32.2 Å². The molecule has 0 N–H and O–H groups in total. The molecule has 2 rings (SSSR count). The second-order valence-corrected chi connectivity index (χ2v) is 7.01. The molecule has 0 atom stereocenters. The van der Waals surface area contributed by atoms with E-state index in [-0.39, 0.29) is 25.3 Å². The number of carbonyl (C=O) groups excluding carboxylic acids is 2. The van der Waals surface area contributed by atoms with Gasteiger partial charge >= 0.3 is 12.1 Å². The predicted molar refractivity (Wildman–Crippen MR) is 111 cm³/mol. The van der Waals surface area contributed by atoms with Crippen molar-refractivity contribution in [2.75, 3.05) is 27.3 Å². The molecule has 168 valence electrons. The maximum atomic E-state index is 13.3. The quantitative estimate of drug-likeness (QED) is 0.571. The molecule has 31 heavy (non-hydrogen) atoms. The van der Waals surface area contributed by atoms with Crippen LogP contribution in [-0.4, -0.2) is 44.1 Å².